The van der Waals surface area contributed by atoms with Crippen LogP contribution in [0.5, 0.6) is 115 Å². The average Bonchev–Trinajstić information content (AvgIpc) is 0.834. The number of hydrogen-bond acceptors (Lipinski definition) is 28. The molecule has 8 aromatic rings. The van der Waals surface area contributed by atoms with E-state index in [1.54, 1.807) is 48.5 Å². The van der Waals surface area contributed by atoms with Crippen molar-refractivity contribution >= 4 is 23.9 Å². The van der Waals surface area contributed by atoms with Crippen LogP contribution in [0.15, 0.2) is 121 Å². The van der Waals surface area contributed by atoms with Gasteiger partial charge >= 0.3 is 23.9 Å². The lowest BCUT2D eigenvalue weighted by Crippen LogP contribution is -2.24. The van der Waals surface area contributed by atoms with Gasteiger partial charge in [-0.25, -0.2) is 19.2 Å². The minimum Gasteiger partial charge on any atom is -0.504 e. The highest BCUT2D eigenvalue weighted by Crippen LogP contribution is 2.43. The number of aliphatic hydroxyl groups excluding tert-OH is 4. The highest BCUT2D eigenvalue weighted by atomic mass is 16.6. The Hall–Kier alpha value is -11.7. The number of ether oxygens (including phenoxy) is 8. The van der Waals surface area contributed by atoms with Gasteiger partial charge in [-0.2, -0.15) is 0 Å². The second-order valence-electron chi connectivity index (χ2n) is 22.9. The summed E-state index contributed by atoms with van der Waals surface area (Å²) in [7, 11) is 5.55. The van der Waals surface area contributed by atoms with Gasteiger partial charge in [0.2, 0.25) is 0 Å². The lowest BCUT2D eigenvalue weighted by atomic mass is 9.80. The number of aromatic hydroxyl groups is 12. The summed E-state index contributed by atoms with van der Waals surface area (Å²) in [6.07, 6.45) is 3.75. The number of phenolic OH excluding ortho intramolecular Hbond substituents is 12. The molecule has 0 unspecified atom stereocenters. The number of carbonyl (C=O) groups is 4. The number of hydrogen-bond donors (Lipinski definition) is 16. The van der Waals surface area contributed by atoms with E-state index in [1.165, 1.54) is 52.7 Å². The van der Waals surface area contributed by atoms with Crippen molar-refractivity contribution in [3.63, 3.8) is 0 Å². The summed E-state index contributed by atoms with van der Waals surface area (Å²) < 4.78 is 43.5. The summed E-state index contributed by atoms with van der Waals surface area (Å²) in [5.74, 6) is -12.1. The molecule has 100 heavy (non-hydrogen) atoms. The van der Waals surface area contributed by atoms with Crippen LogP contribution in [0.1, 0.15) is 89.4 Å². The van der Waals surface area contributed by atoms with E-state index < -0.39 is 92.9 Å². The molecule has 0 saturated carbocycles. The van der Waals surface area contributed by atoms with Crippen LogP contribution in [0.3, 0.4) is 0 Å². The molecule has 0 aliphatic rings. The molecule has 0 aromatic heterocycles. The fourth-order valence-corrected chi connectivity index (χ4v) is 10.9. The van der Waals surface area contributed by atoms with E-state index in [-0.39, 0.29) is 118 Å². The van der Waals surface area contributed by atoms with E-state index in [2.05, 4.69) is 0 Å². The molecule has 532 valence electrons. The molecular weight excluding hydrogens is 1310 g/mol. The lowest BCUT2D eigenvalue weighted by Gasteiger charge is -2.26. The summed E-state index contributed by atoms with van der Waals surface area (Å²) in [4.78, 5) is 50.8. The van der Waals surface area contributed by atoms with Crippen molar-refractivity contribution in [1.29, 1.82) is 0 Å². The van der Waals surface area contributed by atoms with Gasteiger partial charge in [0.15, 0.2) is 115 Å². The Morgan fingerprint density at radius 1 is 0.290 bits per heavy atom. The quantitative estimate of drug-likeness (QED) is 0.0114. The molecule has 0 fully saturated rings. The topological polar surface area (TPSA) is 466 Å². The van der Waals surface area contributed by atoms with E-state index >= 15 is 0 Å². The Morgan fingerprint density at radius 2 is 0.490 bits per heavy atom. The van der Waals surface area contributed by atoms with Gasteiger partial charge < -0.3 is 120 Å². The van der Waals surface area contributed by atoms with Crippen LogP contribution in [0, 0.1) is 23.7 Å². The first-order valence-electron chi connectivity index (χ1n) is 30.8. The predicted molar refractivity (Wildman–Crippen MR) is 353 cm³/mol. The predicted octanol–water partition coefficient (Wildman–Crippen LogP) is 8.32. The van der Waals surface area contributed by atoms with E-state index in [9.17, 15) is 101 Å². The number of carbonyl (C=O) groups excluding carboxylic acids is 4. The first-order chi connectivity index (χ1) is 47.8. The fraction of sp³-hybridized carbons (Fsp3) is 0.278. The maximum absolute atomic E-state index is 12.7. The maximum atomic E-state index is 12.7. The van der Waals surface area contributed by atoms with Crippen LogP contribution in [-0.4, -0.2) is 160 Å². The van der Waals surface area contributed by atoms with Crippen molar-refractivity contribution in [3.05, 3.63) is 166 Å². The van der Waals surface area contributed by atoms with Crippen LogP contribution in [0.2, 0.25) is 0 Å². The highest BCUT2D eigenvalue weighted by molar-refractivity contribution is 5.95. The Labute approximate surface area is 571 Å². The summed E-state index contributed by atoms with van der Waals surface area (Å²) in [6.45, 7) is -0.496. The van der Waals surface area contributed by atoms with Crippen LogP contribution >= 0.6 is 0 Å². The summed E-state index contributed by atoms with van der Waals surface area (Å²) in [5, 5.41) is 156. The number of methoxy groups -OCH3 is 4. The van der Waals surface area contributed by atoms with Crippen molar-refractivity contribution < 1.29 is 139 Å². The van der Waals surface area contributed by atoms with E-state index in [0.717, 1.165) is 70.8 Å². The molecule has 8 aromatic carbocycles. The molecular formula is C72H76O28. The van der Waals surface area contributed by atoms with Crippen LogP contribution in [0.25, 0.3) is 0 Å². The zero-order valence-corrected chi connectivity index (χ0v) is 54.4. The molecule has 0 radical (unpaired) electrons. The Balaban J connectivity index is 0.000000281. The zero-order chi connectivity index (χ0) is 73.1. The number of benzene rings is 8. The molecule has 0 saturated heterocycles. The molecule has 16 N–H and O–H groups in total. The Kier molecular flexibility index (Phi) is 26.5. The average molecular weight is 1390 g/mol. The van der Waals surface area contributed by atoms with Crippen molar-refractivity contribution in [3.8, 4) is 115 Å². The van der Waals surface area contributed by atoms with Gasteiger partial charge in [0, 0.05) is 26.4 Å². The molecule has 28 heteroatoms. The Morgan fingerprint density at radius 3 is 0.670 bits per heavy atom. The van der Waals surface area contributed by atoms with Crippen molar-refractivity contribution in [1.82, 2.24) is 0 Å². The van der Waals surface area contributed by atoms with E-state index in [1.807, 2.05) is 0 Å². The number of esters is 4. The van der Waals surface area contributed by atoms with Gasteiger partial charge in [-0.15, -0.1) is 0 Å². The second kappa shape index (κ2) is 35.0. The van der Waals surface area contributed by atoms with E-state index in [4.69, 9.17) is 37.9 Å². The Bertz CT molecular complexity index is 3850. The zero-order valence-electron chi connectivity index (χ0n) is 54.4. The van der Waals surface area contributed by atoms with Crippen molar-refractivity contribution in [2.24, 2.45) is 23.7 Å². The molecule has 28 nitrogen and oxygen atoms in total. The minimum atomic E-state index is -0.922. The normalized spacial score (nSPS) is 12.2. The van der Waals surface area contributed by atoms with Gasteiger partial charge in [-0.3, -0.25) is 0 Å². The summed E-state index contributed by atoms with van der Waals surface area (Å²) >= 11 is 0. The third-order valence-corrected chi connectivity index (χ3v) is 16.2. The van der Waals surface area contributed by atoms with Gasteiger partial charge in [0.05, 0.1) is 50.7 Å². The third-order valence-electron chi connectivity index (χ3n) is 16.2. The number of phenols is 12. The molecule has 0 amide bonds. The first kappa shape index (κ1) is 75.7. The number of aliphatic hydroxyl groups is 4. The molecule has 0 spiro atoms. The molecule has 0 bridgehead atoms. The molecule has 0 aliphatic carbocycles. The number of rotatable bonds is 30. The van der Waals surface area contributed by atoms with Gasteiger partial charge in [-0.1, -0.05) is 24.3 Å². The lowest BCUT2D eigenvalue weighted by molar-refractivity contribution is 0.0719. The van der Waals surface area contributed by atoms with Gasteiger partial charge in [0.1, 0.15) is 0 Å². The largest absolute Gasteiger partial charge is 0.504 e. The van der Waals surface area contributed by atoms with E-state index in [0.29, 0.717) is 51.4 Å². The van der Waals surface area contributed by atoms with Crippen LogP contribution < -0.4 is 37.9 Å². The second-order valence-corrected chi connectivity index (χ2v) is 22.9. The summed E-state index contributed by atoms with van der Waals surface area (Å²) in [5.41, 5.74) is 2.23. The molecule has 4 atom stereocenters. The molecule has 8 rings (SSSR count). The first-order valence-corrected chi connectivity index (χ1v) is 30.8. The molecule has 0 heterocycles. The maximum Gasteiger partial charge on any atom is 0.343 e. The van der Waals surface area contributed by atoms with Crippen molar-refractivity contribution in [2.45, 2.75) is 51.4 Å². The summed E-state index contributed by atoms with van der Waals surface area (Å²) in [6, 6.07) is 27.1. The monoisotopic (exact) mass is 1390 g/mol. The standard InChI is InChI=1S/2C36H38O14/c2*1-47-31-12-19(5-7-29(31)49-35(45)22-14-25(39)33(43)26(40)15-22)10-21(4-3-9-37)24(18-38)11-20-6-8-30(32(13-20)48-2)50-36(46)23-16-27(41)34(44)28(42)17-23/h2*5-8,12-17,21,24,37-44H,3-4,9-11,18H2,1-2H3/t2*21-,24+/m10/s1. The van der Waals surface area contributed by atoms with Gasteiger partial charge in [-0.05, 0) is 194 Å². The van der Waals surface area contributed by atoms with Crippen LogP contribution in [0.4, 0.5) is 0 Å². The molecule has 0 aliphatic heterocycles. The third kappa shape index (κ3) is 19.3. The van der Waals surface area contributed by atoms with Crippen LogP contribution in [-0.2, 0) is 25.7 Å². The smallest absolute Gasteiger partial charge is 0.343 e. The van der Waals surface area contributed by atoms with Gasteiger partial charge in [0.25, 0.3) is 0 Å². The highest BCUT2D eigenvalue weighted by Gasteiger charge is 2.28. The minimum absolute atomic E-state index is 0.0533. The van der Waals surface area contributed by atoms with Crippen molar-refractivity contribution in [2.75, 3.05) is 54.9 Å². The SMILES string of the molecule is COc1cc(C[C@@H](CO)[C@H](CCCO)Cc2ccc(OC(=O)c3cc(O)c(O)c(O)c3)c(OC)c2)ccc1OC(=O)c1cc(O)c(O)c(O)c1.COc1cc(C[C@H](CO)[C@@H](CCCO)Cc2ccc(OC(=O)c3cc(O)c(O)c(O)c3)c(OC)c2)ccc1OC(=O)c1cc(O)c(O)c(O)c1. The fourth-order valence-electron chi connectivity index (χ4n) is 10.9.